The summed E-state index contributed by atoms with van der Waals surface area (Å²) >= 11 is 0. The number of aliphatic hydroxyl groups excluding tert-OH is 2. The lowest BCUT2D eigenvalue weighted by Crippen LogP contribution is -2.45. The van der Waals surface area contributed by atoms with Crippen LogP contribution in [0, 0.1) is 0 Å². The molecular formula is C74H131NO3. The molecule has 0 aliphatic rings. The second kappa shape index (κ2) is 68.3. The van der Waals surface area contributed by atoms with Crippen molar-refractivity contribution in [1.29, 1.82) is 0 Å². The monoisotopic (exact) mass is 1080 g/mol. The van der Waals surface area contributed by atoms with Crippen molar-refractivity contribution in [2.75, 3.05) is 6.61 Å². The second-order valence-electron chi connectivity index (χ2n) is 22.8. The summed E-state index contributed by atoms with van der Waals surface area (Å²) in [7, 11) is 0. The van der Waals surface area contributed by atoms with Gasteiger partial charge in [-0.3, -0.25) is 4.79 Å². The third kappa shape index (κ3) is 63.9. The van der Waals surface area contributed by atoms with Gasteiger partial charge in [0.25, 0.3) is 0 Å². The Hall–Kier alpha value is -2.95. The molecule has 0 aromatic heterocycles. The van der Waals surface area contributed by atoms with Crippen LogP contribution in [0.3, 0.4) is 0 Å². The van der Waals surface area contributed by atoms with Gasteiger partial charge < -0.3 is 15.5 Å². The minimum atomic E-state index is -0.877. The van der Waals surface area contributed by atoms with E-state index in [0.29, 0.717) is 6.42 Å². The molecule has 0 bridgehead atoms. The Bertz CT molecular complexity index is 1460. The first-order valence-electron chi connectivity index (χ1n) is 34.1. The molecule has 0 aromatic rings. The van der Waals surface area contributed by atoms with Gasteiger partial charge in [0, 0.05) is 6.42 Å². The molecule has 2 unspecified atom stereocenters. The van der Waals surface area contributed by atoms with E-state index in [1.807, 2.05) is 6.08 Å². The van der Waals surface area contributed by atoms with Crippen molar-refractivity contribution >= 4 is 5.91 Å². The number of unbranched alkanes of at least 4 members (excludes halogenated alkanes) is 39. The SMILES string of the molecule is CC/C=C\C/C=C\C/C=C\C/C=C\C/C=C\C/C=C\CCCCCCCCCCCCCCCCCCCCC(=O)NC(CO)C(O)/C=C/CC/C=C/CC/C=C/CCCCCCCCCCCCCCCCCCCCC. The maximum Gasteiger partial charge on any atom is 0.220 e. The van der Waals surface area contributed by atoms with E-state index in [2.05, 4.69) is 116 Å². The first kappa shape index (κ1) is 75.0. The van der Waals surface area contributed by atoms with Crippen LogP contribution < -0.4 is 5.32 Å². The second-order valence-corrected chi connectivity index (χ2v) is 22.8. The highest BCUT2D eigenvalue weighted by Gasteiger charge is 2.18. The van der Waals surface area contributed by atoms with Gasteiger partial charge in [-0.25, -0.2) is 0 Å². The van der Waals surface area contributed by atoms with Crippen molar-refractivity contribution in [3.63, 3.8) is 0 Å². The molecule has 2 atom stereocenters. The van der Waals surface area contributed by atoms with Crippen LogP contribution in [-0.4, -0.2) is 34.9 Å². The summed E-state index contributed by atoms with van der Waals surface area (Å²) < 4.78 is 0. The minimum absolute atomic E-state index is 0.0764. The number of rotatable bonds is 62. The number of carbonyl (C=O) groups is 1. The zero-order valence-electron chi connectivity index (χ0n) is 51.9. The third-order valence-electron chi connectivity index (χ3n) is 15.2. The fourth-order valence-electron chi connectivity index (χ4n) is 10.1. The highest BCUT2D eigenvalue weighted by Crippen LogP contribution is 2.17. The number of aliphatic hydroxyl groups is 2. The summed E-state index contributed by atoms with van der Waals surface area (Å²) in [6.45, 7) is 4.20. The van der Waals surface area contributed by atoms with E-state index in [4.69, 9.17) is 0 Å². The summed E-state index contributed by atoms with van der Waals surface area (Å²) in [6, 6.07) is -0.652. The molecule has 0 fully saturated rings. The van der Waals surface area contributed by atoms with Gasteiger partial charge >= 0.3 is 0 Å². The highest BCUT2D eigenvalue weighted by molar-refractivity contribution is 5.76. The van der Waals surface area contributed by atoms with Crippen LogP contribution in [0.15, 0.2) is 109 Å². The Morgan fingerprint density at radius 2 is 0.577 bits per heavy atom. The van der Waals surface area contributed by atoms with Crippen LogP contribution in [0.4, 0.5) is 0 Å². The molecule has 0 saturated heterocycles. The zero-order chi connectivity index (χ0) is 56.2. The Labute approximate surface area is 486 Å². The number of carbonyl (C=O) groups excluding carboxylic acids is 1. The highest BCUT2D eigenvalue weighted by atomic mass is 16.3. The Balaban J connectivity index is 3.52. The molecular weight excluding hydrogens is 951 g/mol. The number of hydrogen-bond acceptors (Lipinski definition) is 3. The predicted molar refractivity (Wildman–Crippen MR) is 349 cm³/mol. The lowest BCUT2D eigenvalue weighted by atomic mass is 10.0. The van der Waals surface area contributed by atoms with E-state index in [1.54, 1.807) is 6.08 Å². The molecule has 0 spiro atoms. The lowest BCUT2D eigenvalue weighted by molar-refractivity contribution is -0.123. The molecule has 0 rings (SSSR count). The average molecular weight is 1080 g/mol. The first-order chi connectivity index (χ1) is 38.7. The average Bonchev–Trinajstić information content (AvgIpc) is 3.44. The third-order valence-corrected chi connectivity index (χ3v) is 15.2. The van der Waals surface area contributed by atoms with E-state index in [1.165, 1.54) is 238 Å². The van der Waals surface area contributed by atoms with Gasteiger partial charge in [-0.05, 0) is 96.3 Å². The number of allylic oxidation sites excluding steroid dienone is 17. The normalized spacial score (nSPS) is 13.4. The topological polar surface area (TPSA) is 69.6 Å². The Kier molecular flexibility index (Phi) is 65.7. The fourth-order valence-corrected chi connectivity index (χ4v) is 10.1. The van der Waals surface area contributed by atoms with Crippen LogP contribution in [0.2, 0.25) is 0 Å². The molecule has 78 heavy (non-hydrogen) atoms. The van der Waals surface area contributed by atoms with E-state index in [-0.39, 0.29) is 12.5 Å². The molecule has 450 valence electrons. The number of amides is 1. The molecule has 3 N–H and O–H groups in total. The summed E-state index contributed by atoms with van der Waals surface area (Å²) in [5.74, 6) is -0.0764. The lowest BCUT2D eigenvalue weighted by Gasteiger charge is -2.19. The molecule has 4 nitrogen and oxygen atoms in total. The summed E-state index contributed by atoms with van der Waals surface area (Å²) in [5, 5.41) is 23.2. The van der Waals surface area contributed by atoms with Crippen molar-refractivity contribution in [1.82, 2.24) is 5.32 Å². The maximum atomic E-state index is 12.5. The van der Waals surface area contributed by atoms with Gasteiger partial charge in [0.05, 0.1) is 18.8 Å². The van der Waals surface area contributed by atoms with E-state index in [0.717, 1.165) is 77.0 Å². The largest absolute Gasteiger partial charge is 0.394 e. The molecule has 0 saturated carbocycles. The molecule has 1 amide bonds. The quantitative estimate of drug-likeness (QED) is 0.0420. The van der Waals surface area contributed by atoms with Crippen LogP contribution in [0.25, 0.3) is 0 Å². The fraction of sp³-hybridized carbons (Fsp3) is 0.743. The molecule has 0 heterocycles. The maximum absolute atomic E-state index is 12.5. The molecule has 0 aliphatic heterocycles. The smallest absolute Gasteiger partial charge is 0.220 e. The van der Waals surface area contributed by atoms with Crippen molar-refractivity contribution in [3.8, 4) is 0 Å². The van der Waals surface area contributed by atoms with Crippen LogP contribution in [0.5, 0.6) is 0 Å². The zero-order valence-corrected chi connectivity index (χ0v) is 51.9. The number of hydrogen-bond donors (Lipinski definition) is 3. The van der Waals surface area contributed by atoms with E-state index >= 15 is 0 Å². The standard InChI is InChI=1S/C74H131NO3/c1-3-5-7-9-11-13-15-17-19-21-23-25-27-29-31-33-34-35-36-37-38-39-40-42-44-46-48-50-52-54-56-58-60-62-64-66-68-70-74(78)75-72(71-76)73(77)69-67-65-63-61-59-57-55-53-51-49-47-45-43-41-32-30-28-26-24-22-20-18-16-14-12-10-8-6-4-2/h5,7,11,13,17,19,23,25,29,31,34-35,51,53,59,61,67,69,72-73,76-77H,3-4,6,8-10,12,14-16,18,20-22,24,26-28,30,32-33,36-50,52,54-58,60,62-66,68,70-71H2,1-2H3,(H,75,78)/b7-5-,13-11-,19-17-,25-23-,31-29-,35-34-,53-51+,61-59+,69-67+. The van der Waals surface area contributed by atoms with Gasteiger partial charge in [0.1, 0.15) is 0 Å². The molecule has 0 aliphatic carbocycles. The van der Waals surface area contributed by atoms with Crippen LogP contribution >= 0.6 is 0 Å². The number of nitrogens with one attached hydrogen (secondary N) is 1. The van der Waals surface area contributed by atoms with Gasteiger partial charge in [-0.15, -0.1) is 0 Å². The first-order valence-corrected chi connectivity index (χ1v) is 34.1. The van der Waals surface area contributed by atoms with Gasteiger partial charge in [0.15, 0.2) is 0 Å². The molecule has 0 aromatic carbocycles. The van der Waals surface area contributed by atoms with Crippen molar-refractivity contribution in [3.05, 3.63) is 109 Å². The molecule has 0 radical (unpaired) electrons. The van der Waals surface area contributed by atoms with E-state index in [9.17, 15) is 15.0 Å². The van der Waals surface area contributed by atoms with Gasteiger partial charge in [-0.1, -0.05) is 342 Å². The molecule has 4 heteroatoms. The van der Waals surface area contributed by atoms with Crippen LogP contribution in [-0.2, 0) is 4.79 Å². The Morgan fingerprint density at radius 3 is 0.897 bits per heavy atom. The van der Waals surface area contributed by atoms with Gasteiger partial charge in [-0.2, -0.15) is 0 Å². The summed E-state index contributed by atoms with van der Waals surface area (Å²) in [4.78, 5) is 12.5. The van der Waals surface area contributed by atoms with E-state index < -0.39 is 12.1 Å². The summed E-state index contributed by atoms with van der Waals surface area (Å²) in [5.41, 5.74) is 0. The summed E-state index contributed by atoms with van der Waals surface area (Å²) in [6.07, 6.45) is 103. The van der Waals surface area contributed by atoms with Gasteiger partial charge in [0.2, 0.25) is 5.91 Å². The minimum Gasteiger partial charge on any atom is -0.394 e. The van der Waals surface area contributed by atoms with Crippen LogP contribution in [0.1, 0.15) is 335 Å². The predicted octanol–water partition coefficient (Wildman–Crippen LogP) is 23.4. The van der Waals surface area contributed by atoms with Crippen molar-refractivity contribution in [2.24, 2.45) is 0 Å². The van der Waals surface area contributed by atoms with Crippen molar-refractivity contribution in [2.45, 2.75) is 347 Å². The Morgan fingerprint density at radius 1 is 0.321 bits per heavy atom. The van der Waals surface area contributed by atoms with Crippen molar-refractivity contribution < 1.29 is 15.0 Å².